The Bertz CT molecular complexity index is 1340. The van der Waals surface area contributed by atoms with E-state index in [1.807, 2.05) is 22.9 Å². The first kappa shape index (κ1) is 21.2. The maximum Gasteiger partial charge on any atom is 0.271 e. The Morgan fingerprint density at radius 3 is 2.81 bits per heavy atom. The number of amides is 1. The van der Waals surface area contributed by atoms with Crippen LogP contribution in [0.3, 0.4) is 0 Å². The minimum atomic E-state index is -0.577. The zero-order chi connectivity index (χ0) is 22.1. The number of thioether (sulfide) groups is 1. The average molecular weight is 473 g/mol. The summed E-state index contributed by atoms with van der Waals surface area (Å²) in [6, 6.07) is 9.65. The third-order valence-corrected chi connectivity index (χ3v) is 7.46. The zero-order valence-electron chi connectivity index (χ0n) is 16.4. The maximum absolute atomic E-state index is 13.0. The van der Waals surface area contributed by atoms with E-state index >= 15 is 0 Å². The van der Waals surface area contributed by atoms with E-state index in [4.69, 9.17) is 0 Å². The molecule has 0 saturated carbocycles. The molecule has 0 aliphatic rings. The van der Waals surface area contributed by atoms with Gasteiger partial charge in [0, 0.05) is 40.7 Å². The van der Waals surface area contributed by atoms with Crippen LogP contribution in [-0.4, -0.2) is 25.6 Å². The summed E-state index contributed by atoms with van der Waals surface area (Å²) < 4.78 is 1.45. The Kier molecular flexibility index (Phi) is 5.90. The van der Waals surface area contributed by atoms with E-state index in [0.717, 1.165) is 22.2 Å². The summed E-state index contributed by atoms with van der Waals surface area (Å²) >= 11 is 4.12. The molecule has 4 rings (SSSR count). The minimum Gasteiger partial charge on any atom is -0.325 e. The van der Waals surface area contributed by atoms with Crippen molar-refractivity contribution in [2.45, 2.75) is 17.3 Å². The molecule has 8 nitrogen and oxygen atoms in total. The Morgan fingerprint density at radius 1 is 1.29 bits per heavy atom. The van der Waals surface area contributed by atoms with Gasteiger partial charge in [-0.05, 0) is 24.4 Å². The first-order valence-corrected chi connectivity index (χ1v) is 11.7. The molecule has 0 bridgehead atoms. The zero-order valence-corrected chi connectivity index (χ0v) is 18.8. The van der Waals surface area contributed by atoms with Crippen LogP contribution in [0.25, 0.3) is 20.7 Å². The number of carbonyl (C=O) groups is 1. The predicted molar refractivity (Wildman–Crippen MR) is 125 cm³/mol. The number of non-ortho nitro benzene ring substituents is 1. The molecule has 158 valence electrons. The van der Waals surface area contributed by atoms with Gasteiger partial charge in [-0.3, -0.25) is 24.3 Å². The Morgan fingerprint density at radius 2 is 2.10 bits per heavy atom. The third kappa shape index (κ3) is 4.24. The number of carbonyl (C=O) groups excluding carboxylic acids is 1. The fraction of sp³-hybridized carbons (Fsp3) is 0.150. The molecule has 1 atom stereocenters. The third-order valence-electron chi connectivity index (χ3n) is 4.54. The van der Waals surface area contributed by atoms with Crippen molar-refractivity contribution in [3.8, 4) is 10.4 Å². The van der Waals surface area contributed by atoms with E-state index in [-0.39, 0.29) is 17.2 Å². The van der Waals surface area contributed by atoms with Crippen LogP contribution in [0.2, 0.25) is 0 Å². The highest BCUT2D eigenvalue weighted by Gasteiger charge is 2.21. The van der Waals surface area contributed by atoms with Crippen LogP contribution < -0.4 is 10.9 Å². The van der Waals surface area contributed by atoms with Gasteiger partial charge in [-0.25, -0.2) is 4.98 Å². The fourth-order valence-electron chi connectivity index (χ4n) is 2.92. The summed E-state index contributed by atoms with van der Waals surface area (Å²) in [4.78, 5) is 42.3. The highest BCUT2D eigenvalue weighted by molar-refractivity contribution is 8.00. The molecular weight excluding hydrogens is 456 g/mol. The fourth-order valence-corrected chi connectivity index (χ4v) is 5.60. The van der Waals surface area contributed by atoms with E-state index in [1.165, 1.54) is 34.1 Å². The van der Waals surface area contributed by atoms with Gasteiger partial charge in [-0.15, -0.1) is 22.7 Å². The van der Waals surface area contributed by atoms with Crippen molar-refractivity contribution in [3.63, 3.8) is 0 Å². The number of hydrogen-bond acceptors (Lipinski definition) is 8. The Labute approximate surface area is 188 Å². The van der Waals surface area contributed by atoms with Gasteiger partial charge in [-0.2, -0.15) is 0 Å². The molecule has 11 heteroatoms. The summed E-state index contributed by atoms with van der Waals surface area (Å²) in [5.74, 6) is -0.342. The Hall–Kier alpha value is -3.02. The molecule has 4 aromatic rings. The SMILES string of the molecule is CC(Sc1nc2scc(-c3cccs3)c2c(=O)n1C)C(=O)Nc1cccc([N+](=O)[O-])c1. The van der Waals surface area contributed by atoms with Crippen molar-refractivity contribution in [1.29, 1.82) is 0 Å². The molecule has 31 heavy (non-hydrogen) atoms. The van der Waals surface area contributed by atoms with Gasteiger partial charge in [-0.1, -0.05) is 23.9 Å². The molecule has 0 aliphatic heterocycles. The molecule has 1 N–H and O–H groups in total. The van der Waals surface area contributed by atoms with Crippen LogP contribution in [0.5, 0.6) is 0 Å². The minimum absolute atomic E-state index is 0.105. The quantitative estimate of drug-likeness (QED) is 0.188. The predicted octanol–water partition coefficient (Wildman–Crippen LogP) is 4.75. The molecule has 1 unspecified atom stereocenters. The first-order valence-electron chi connectivity index (χ1n) is 9.09. The molecule has 0 fully saturated rings. The lowest BCUT2D eigenvalue weighted by atomic mass is 10.2. The number of rotatable bonds is 6. The number of fused-ring (bicyclic) bond motifs is 1. The van der Waals surface area contributed by atoms with Crippen molar-refractivity contribution in [2.75, 3.05) is 5.32 Å². The van der Waals surface area contributed by atoms with Crippen LogP contribution in [0, 0.1) is 10.1 Å². The first-order chi connectivity index (χ1) is 14.8. The second-order valence-electron chi connectivity index (χ2n) is 6.62. The smallest absolute Gasteiger partial charge is 0.271 e. The molecule has 1 amide bonds. The number of aromatic nitrogens is 2. The lowest BCUT2D eigenvalue weighted by Crippen LogP contribution is -2.25. The van der Waals surface area contributed by atoms with Crippen LogP contribution >= 0.6 is 34.4 Å². The topological polar surface area (TPSA) is 107 Å². The highest BCUT2D eigenvalue weighted by atomic mass is 32.2. The summed E-state index contributed by atoms with van der Waals surface area (Å²) in [7, 11) is 1.64. The van der Waals surface area contributed by atoms with Gasteiger partial charge in [0.05, 0.1) is 15.6 Å². The lowest BCUT2D eigenvalue weighted by molar-refractivity contribution is -0.384. The average Bonchev–Trinajstić information content (AvgIpc) is 3.41. The Balaban J connectivity index is 1.57. The van der Waals surface area contributed by atoms with E-state index in [1.54, 1.807) is 31.4 Å². The normalized spacial score (nSPS) is 12.1. The van der Waals surface area contributed by atoms with Crippen molar-refractivity contribution in [1.82, 2.24) is 9.55 Å². The molecule has 1 aromatic carbocycles. The van der Waals surface area contributed by atoms with Crippen LogP contribution in [0.4, 0.5) is 11.4 Å². The number of thiophene rings is 2. The van der Waals surface area contributed by atoms with Crippen LogP contribution in [-0.2, 0) is 11.8 Å². The van der Waals surface area contributed by atoms with E-state index in [9.17, 15) is 19.7 Å². The number of nitrogens with zero attached hydrogens (tertiary/aromatic N) is 3. The standard InChI is InChI=1S/C20H16N4O4S3/c1-11(17(25)21-12-5-3-6-13(9-12)24(27)28)31-20-22-18-16(19(26)23(20)2)14(10-30-18)15-7-4-8-29-15/h3-11H,1-2H3,(H,21,25). The number of benzene rings is 1. The summed E-state index contributed by atoms with van der Waals surface area (Å²) in [6.07, 6.45) is 0. The van der Waals surface area contributed by atoms with Gasteiger partial charge in [0.15, 0.2) is 5.16 Å². The maximum atomic E-state index is 13.0. The van der Waals surface area contributed by atoms with Crippen molar-refractivity contribution < 1.29 is 9.72 Å². The largest absolute Gasteiger partial charge is 0.325 e. The van der Waals surface area contributed by atoms with Gasteiger partial charge in [0.2, 0.25) is 5.91 Å². The molecule has 0 spiro atoms. The summed E-state index contributed by atoms with van der Waals surface area (Å²) in [5.41, 5.74) is 0.939. The van der Waals surface area contributed by atoms with Crippen LogP contribution in [0.15, 0.2) is 57.1 Å². The molecule has 3 aromatic heterocycles. The number of hydrogen-bond donors (Lipinski definition) is 1. The molecule has 3 heterocycles. The van der Waals surface area contributed by atoms with Crippen LogP contribution in [0.1, 0.15) is 6.92 Å². The number of nitro groups is 1. The molecule has 0 saturated heterocycles. The number of anilines is 1. The molecule has 0 radical (unpaired) electrons. The second-order valence-corrected chi connectivity index (χ2v) is 9.74. The highest BCUT2D eigenvalue weighted by Crippen LogP contribution is 2.35. The van der Waals surface area contributed by atoms with Crippen molar-refractivity contribution >= 4 is 61.9 Å². The summed E-state index contributed by atoms with van der Waals surface area (Å²) in [6.45, 7) is 1.69. The number of nitrogens with one attached hydrogen (secondary N) is 1. The van der Waals surface area contributed by atoms with E-state index < -0.39 is 10.2 Å². The van der Waals surface area contributed by atoms with E-state index in [0.29, 0.717) is 21.1 Å². The molecule has 0 aliphatic carbocycles. The monoisotopic (exact) mass is 472 g/mol. The van der Waals surface area contributed by atoms with Crippen molar-refractivity contribution in [3.05, 3.63) is 67.6 Å². The van der Waals surface area contributed by atoms with E-state index in [2.05, 4.69) is 10.3 Å². The van der Waals surface area contributed by atoms with Gasteiger partial charge < -0.3 is 5.32 Å². The van der Waals surface area contributed by atoms with Gasteiger partial charge in [0.25, 0.3) is 11.2 Å². The molecular formula is C20H16N4O4S3. The second kappa shape index (κ2) is 8.61. The number of nitro benzene ring substituents is 1. The van der Waals surface area contributed by atoms with Crippen molar-refractivity contribution in [2.24, 2.45) is 7.05 Å². The van der Waals surface area contributed by atoms with Gasteiger partial charge >= 0.3 is 0 Å². The lowest BCUT2D eigenvalue weighted by Gasteiger charge is -2.13. The van der Waals surface area contributed by atoms with Gasteiger partial charge in [0.1, 0.15) is 4.83 Å². The summed E-state index contributed by atoms with van der Waals surface area (Å²) in [5, 5.41) is 17.9.